The number of benzene rings is 1. The first-order valence-electron chi connectivity index (χ1n) is 4.36. The Morgan fingerprint density at radius 3 is 2.69 bits per heavy atom. The number of nitro groups is 1. The van der Waals surface area contributed by atoms with E-state index in [4.69, 9.17) is 10.8 Å². The Morgan fingerprint density at radius 2 is 2.19 bits per heavy atom. The topological polar surface area (TPSA) is 127 Å². The van der Waals surface area contributed by atoms with E-state index in [1.165, 1.54) is 0 Å². The van der Waals surface area contributed by atoms with Crippen LogP contribution in [0, 0.1) is 10.1 Å². The smallest absolute Gasteiger partial charge is 0.305 e. The van der Waals surface area contributed by atoms with Crippen molar-refractivity contribution < 1.29 is 19.9 Å². The third-order valence-electron chi connectivity index (χ3n) is 2.00. The molecule has 0 aliphatic heterocycles. The maximum Gasteiger partial charge on any atom is 0.305 e. The molecule has 1 rings (SSSR count). The molecule has 0 saturated carbocycles. The third-order valence-corrected chi connectivity index (χ3v) is 2.00. The van der Waals surface area contributed by atoms with Crippen molar-refractivity contribution in [3.05, 3.63) is 33.9 Å². The highest BCUT2D eigenvalue weighted by molar-refractivity contribution is 5.68. The van der Waals surface area contributed by atoms with E-state index >= 15 is 0 Å². The maximum absolute atomic E-state index is 10.6. The number of aromatic hydroxyl groups is 1. The van der Waals surface area contributed by atoms with E-state index in [2.05, 4.69) is 0 Å². The number of hydrogen-bond donors (Lipinski definition) is 3. The van der Waals surface area contributed by atoms with Crippen LogP contribution in [0.4, 0.5) is 5.69 Å². The number of carbonyl (C=O) groups is 1. The Labute approximate surface area is 90.3 Å². The van der Waals surface area contributed by atoms with Crippen molar-refractivity contribution in [2.45, 2.75) is 12.5 Å². The number of aliphatic carboxylic acids is 1. The number of nitro benzene ring substituents is 1. The van der Waals surface area contributed by atoms with Gasteiger partial charge in [0.2, 0.25) is 0 Å². The zero-order valence-electron chi connectivity index (χ0n) is 8.16. The minimum atomic E-state index is -1.16. The fourth-order valence-electron chi connectivity index (χ4n) is 1.30. The van der Waals surface area contributed by atoms with Gasteiger partial charge in [0.25, 0.3) is 5.69 Å². The van der Waals surface area contributed by atoms with Gasteiger partial charge in [-0.05, 0) is 12.1 Å². The van der Waals surface area contributed by atoms with Gasteiger partial charge in [0, 0.05) is 12.1 Å². The highest BCUT2D eigenvalue weighted by atomic mass is 16.6. The summed E-state index contributed by atoms with van der Waals surface area (Å²) in [6.07, 6.45) is -0.440. The molecule has 86 valence electrons. The number of carboxylic acids is 1. The Hall–Kier alpha value is -2.15. The van der Waals surface area contributed by atoms with Crippen LogP contribution in [0.15, 0.2) is 18.2 Å². The van der Waals surface area contributed by atoms with Gasteiger partial charge in [-0.3, -0.25) is 14.9 Å². The second-order valence-corrected chi connectivity index (χ2v) is 3.20. The van der Waals surface area contributed by atoms with Crippen LogP contribution in [-0.4, -0.2) is 21.1 Å². The highest BCUT2D eigenvalue weighted by Crippen LogP contribution is 2.29. The normalized spacial score (nSPS) is 12.1. The molecule has 7 nitrogen and oxygen atoms in total. The van der Waals surface area contributed by atoms with Crippen LogP contribution in [0.1, 0.15) is 18.0 Å². The van der Waals surface area contributed by atoms with Gasteiger partial charge in [-0.25, -0.2) is 0 Å². The molecule has 0 saturated heterocycles. The molecule has 0 aliphatic carbocycles. The summed E-state index contributed by atoms with van der Waals surface area (Å²) in [5.41, 5.74) is 5.21. The minimum absolute atomic E-state index is 0.00685. The van der Waals surface area contributed by atoms with Gasteiger partial charge in [0.15, 0.2) is 0 Å². The number of phenolic OH excluding ortho intramolecular Hbond substituents is 1. The molecule has 0 amide bonds. The number of carboxylic acid groups (broad SMARTS) is 1. The van der Waals surface area contributed by atoms with E-state index in [-0.39, 0.29) is 17.0 Å². The summed E-state index contributed by atoms with van der Waals surface area (Å²) in [5.74, 6) is -1.36. The Balaban J connectivity index is 3.13. The molecule has 0 aromatic heterocycles. The first-order valence-corrected chi connectivity index (χ1v) is 4.36. The highest BCUT2D eigenvalue weighted by Gasteiger charge is 2.21. The van der Waals surface area contributed by atoms with E-state index < -0.39 is 23.4 Å². The average molecular weight is 226 g/mol. The van der Waals surface area contributed by atoms with Crippen LogP contribution in [0.3, 0.4) is 0 Å². The summed E-state index contributed by atoms with van der Waals surface area (Å²) in [5, 5.41) is 28.4. The Bertz CT molecular complexity index is 432. The van der Waals surface area contributed by atoms with Crippen LogP contribution in [0.25, 0.3) is 0 Å². The molecule has 7 heteroatoms. The molecule has 1 aromatic carbocycles. The van der Waals surface area contributed by atoms with E-state index in [1.807, 2.05) is 0 Å². The largest absolute Gasteiger partial charge is 0.508 e. The van der Waals surface area contributed by atoms with Crippen LogP contribution in [0.5, 0.6) is 5.75 Å². The lowest BCUT2D eigenvalue weighted by Gasteiger charge is -2.09. The average Bonchev–Trinajstić information content (AvgIpc) is 2.15. The zero-order chi connectivity index (χ0) is 12.3. The molecular weight excluding hydrogens is 216 g/mol. The van der Waals surface area contributed by atoms with Crippen molar-refractivity contribution in [3.63, 3.8) is 0 Å². The number of rotatable bonds is 4. The standard InChI is InChI=1S/C9H10N2O5/c10-7(4-9(13)14)6-3-5(12)1-2-8(6)11(15)16/h1-3,7,12H,4,10H2,(H,13,14)/t7-/m1/s1. The van der Waals surface area contributed by atoms with Gasteiger partial charge < -0.3 is 15.9 Å². The van der Waals surface area contributed by atoms with Gasteiger partial charge in [-0.2, -0.15) is 0 Å². The molecule has 0 unspecified atom stereocenters. The number of nitrogens with two attached hydrogens (primary N) is 1. The second kappa shape index (κ2) is 4.58. The molecule has 0 spiro atoms. The monoisotopic (exact) mass is 226 g/mol. The van der Waals surface area contributed by atoms with E-state index in [9.17, 15) is 20.0 Å². The molecule has 0 radical (unpaired) electrons. The van der Waals surface area contributed by atoms with Gasteiger partial charge in [0.1, 0.15) is 5.75 Å². The Kier molecular flexibility index (Phi) is 3.41. The van der Waals surface area contributed by atoms with Crippen LogP contribution in [0.2, 0.25) is 0 Å². The van der Waals surface area contributed by atoms with Gasteiger partial charge in [-0.1, -0.05) is 0 Å². The fourth-order valence-corrected chi connectivity index (χ4v) is 1.30. The molecular formula is C9H10N2O5. The summed E-state index contributed by atoms with van der Waals surface area (Å²) in [6, 6.07) is 2.32. The molecule has 16 heavy (non-hydrogen) atoms. The predicted molar refractivity (Wildman–Crippen MR) is 53.9 cm³/mol. The lowest BCUT2D eigenvalue weighted by Crippen LogP contribution is -2.16. The van der Waals surface area contributed by atoms with Gasteiger partial charge >= 0.3 is 5.97 Å². The van der Waals surface area contributed by atoms with Crippen molar-refractivity contribution in [2.75, 3.05) is 0 Å². The molecule has 4 N–H and O–H groups in total. The van der Waals surface area contributed by atoms with E-state index in [0.717, 1.165) is 18.2 Å². The first-order chi connectivity index (χ1) is 7.41. The first kappa shape index (κ1) is 11.9. The van der Waals surface area contributed by atoms with E-state index in [0.29, 0.717) is 0 Å². The quantitative estimate of drug-likeness (QED) is 0.514. The molecule has 0 heterocycles. The lowest BCUT2D eigenvalue weighted by molar-refractivity contribution is -0.385. The third kappa shape index (κ3) is 2.67. The maximum atomic E-state index is 10.6. The summed E-state index contributed by atoms with van der Waals surface area (Å²) in [6.45, 7) is 0. The number of nitrogens with zero attached hydrogens (tertiary/aromatic N) is 1. The summed E-state index contributed by atoms with van der Waals surface area (Å²) < 4.78 is 0. The van der Waals surface area contributed by atoms with E-state index in [1.54, 1.807) is 0 Å². The molecule has 0 fully saturated rings. The summed E-state index contributed by atoms with van der Waals surface area (Å²) in [7, 11) is 0. The SMILES string of the molecule is N[C@H](CC(=O)O)c1cc(O)ccc1[N+](=O)[O-]. The summed E-state index contributed by atoms with van der Waals surface area (Å²) >= 11 is 0. The summed E-state index contributed by atoms with van der Waals surface area (Å²) in [4.78, 5) is 20.4. The van der Waals surface area contributed by atoms with Crippen molar-refractivity contribution in [2.24, 2.45) is 5.73 Å². The lowest BCUT2D eigenvalue weighted by atomic mass is 10.0. The minimum Gasteiger partial charge on any atom is -0.508 e. The molecule has 1 aromatic rings. The van der Waals surface area contributed by atoms with Crippen LogP contribution < -0.4 is 5.73 Å². The van der Waals surface area contributed by atoms with Crippen molar-refractivity contribution >= 4 is 11.7 Å². The van der Waals surface area contributed by atoms with Crippen molar-refractivity contribution in [1.82, 2.24) is 0 Å². The van der Waals surface area contributed by atoms with Crippen LogP contribution in [-0.2, 0) is 4.79 Å². The van der Waals surface area contributed by atoms with Crippen LogP contribution >= 0.6 is 0 Å². The number of phenols is 1. The van der Waals surface area contributed by atoms with Crippen molar-refractivity contribution in [3.8, 4) is 5.75 Å². The molecule has 0 aliphatic rings. The van der Waals surface area contributed by atoms with Gasteiger partial charge in [-0.15, -0.1) is 0 Å². The van der Waals surface area contributed by atoms with Gasteiger partial charge in [0.05, 0.1) is 16.9 Å². The predicted octanol–water partition coefficient (Wildman–Crippen LogP) is 0.775. The second-order valence-electron chi connectivity index (χ2n) is 3.20. The Morgan fingerprint density at radius 1 is 1.56 bits per heavy atom. The molecule has 0 bridgehead atoms. The number of hydrogen-bond acceptors (Lipinski definition) is 5. The fraction of sp³-hybridized carbons (Fsp3) is 0.222. The van der Waals surface area contributed by atoms with Crippen molar-refractivity contribution in [1.29, 1.82) is 0 Å². The zero-order valence-corrected chi connectivity index (χ0v) is 8.16. The molecule has 1 atom stereocenters.